The maximum absolute atomic E-state index is 4.75. The van der Waals surface area contributed by atoms with Crippen LogP contribution in [0, 0.1) is 12.8 Å². The Morgan fingerprint density at radius 3 is 2.45 bits per heavy atom. The van der Waals surface area contributed by atoms with Crippen LogP contribution in [0.3, 0.4) is 0 Å². The van der Waals surface area contributed by atoms with E-state index in [2.05, 4.69) is 50.2 Å². The van der Waals surface area contributed by atoms with E-state index < -0.39 is 0 Å². The summed E-state index contributed by atoms with van der Waals surface area (Å²) in [6, 6.07) is 0.554. The fourth-order valence-corrected chi connectivity index (χ4v) is 2.81. The fraction of sp³-hybridized carbons (Fsp3) is 0.750. The van der Waals surface area contributed by atoms with Gasteiger partial charge in [0, 0.05) is 24.1 Å². The van der Waals surface area contributed by atoms with Crippen molar-refractivity contribution in [2.24, 2.45) is 5.92 Å². The predicted octanol–water partition coefficient (Wildman–Crippen LogP) is 3.94. The van der Waals surface area contributed by atoms with Crippen molar-refractivity contribution >= 4 is 11.6 Å². The molecule has 2 unspecified atom stereocenters. The Hall–Kier alpha value is -1.32. The minimum atomic E-state index is 0.342. The molecule has 0 bridgehead atoms. The van der Waals surface area contributed by atoms with Crippen molar-refractivity contribution in [1.82, 2.24) is 9.97 Å². The van der Waals surface area contributed by atoms with Crippen LogP contribution >= 0.6 is 0 Å². The van der Waals surface area contributed by atoms with Crippen LogP contribution in [0.2, 0.25) is 0 Å². The molecule has 112 valence electrons. The van der Waals surface area contributed by atoms with Gasteiger partial charge in [-0.05, 0) is 32.6 Å². The van der Waals surface area contributed by atoms with E-state index in [0.29, 0.717) is 12.0 Å². The van der Waals surface area contributed by atoms with E-state index in [-0.39, 0.29) is 0 Å². The molecule has 2 rings (SSSR count). The summed E-state index contributed by atoms with van der Waals surface area (Å²) < 4.78 is 0. The molecular weight excluding hydrogens is 248 g/mol. The maximum atomic E-state index is 4.75. The topological polar surface area (TPSA) is 49.8 Å². The van der Waals surface area contributed by atoms with E-state index in [1.165, 1.54) is 19.3 Å². The van der Waals surface area contributed by atoms with Gasteiger partial charge in [0.1, 0.15) is 17.5 Å². The molecule has 0 saturated heterocycles. The molecule has 4 nitrogen and oxygen atoms in total. The van der Waals surface area contributed by atoms with Crippen molar-refractivity contribution in [3.05, 3.63) is 11.4 Å². The summed E-state index contributed by atoms with van der Waals surface area (Å²) in [5.41, 5.74) is 1.13. The van der Waals surface area contributed by atoms with Gasteiger partial charge in [-0.2, -0.15) is 0 Å². The summed E-state index contributed by atoms with van der Waals surface area (Å²) in [4.78, 5) is 9.40. The fourth-order valence-electron chi connectivity index (χ4n) is 2.81. The van der Waals surface area contributed by atoms with Crippen LogP contribution in [-0.2, 0) is 0 Å². The molecule has 0 radical (unpaired) electrons. The van der Waals surface area contributed by atoms with Crippen molar-refractivity contribution in [3.63, 3.8) is 0 Å². The Labute approximate surface area is 122 Å². The highest BCUT2D eigenvalue weighted by Gasteiger charge is 2.24. The summed E-state index contributed by atoms with van der Waals surface area (Å²) in [5, 5.41) is 7.02. The Bertz CT molecular complexity index is 456. The maximum Gasteiger partial charge on any atom is 0.135 e. The number of nitrogens with zero attached hydrogens (tertiary/aromatic N) is 2. The first kappa shape index (κ1) is 15.1. The molecule has 20 heavy (non-hydrogen) atoms. The Balaban J connectivity index is 2.29. The van der Waals surface area contributed by atoms with Crippen LogP contribution in [0.25, 0.3) is 0 Å². The second kappa shape index (κ2) is 6.42. The summed E-state index contributed by atoms with van der Waals surface area (Å²) in [6.45, 7) is 11.7. The number of rotatable bonds is 5. The summed E-state index contributed by atoms with van der Waals surface area (Å²) >= 11 is 0. The standard InChI is InChI=1S/C16H28N4/c1-6-17-15-12(5)16(20-14(19-15)10(2)3)18-13-9-7-8-11(13)4/h10-11,13H,6-9H2,1-5H3,(H2,17,18,19,20). The number of aromatic nitrogens is 2. The second-order valence-corrected chi connectivity index (χ2v) is 6.25. The molecule has 1 saturated carbocycles. The predicted molar refractivity (Wildman–Crippen MR) is 85.4 cm³/mol. The minimum absolute atomic E-state index is 0.342. The van der Waals surface area contributed by atoms with Crippen molar-refractivity contribution in [1.29, 1.82) is 0 Å². The van der Waals surface area contributed by atoms with Gasteiger partial charge in [-0.1, -0.05) is 27.2 Å². The third kappa shape index (κ3) is 3.22. The highest BCUT2D eigenvalue weighted by molar-refractivity contribution is 5.57. The lowest BCUT2D eigenvalue weighted by atomic mass is 10.1. The van der Waals surface area contributed by atoms with Gasteiger partial charge in [0.2, 0.25) is 0 Å². The molecule has 1 fully saturated rings. The molecule has 4 heteroatoms. The number of anilines is 2. The van der Waals surface area contributed by atoms with Gasteiger partial charge in [-0.3, -0.25) is 0 Å². The second-order valence-electron chi connectivity index (χ2n) is 6.25. The lowest BCUT2D eigenvalue weighted by Crippen LogP contribution is -2.24. The zero-order chi connectivity index (χ0) is 14.7. The SMILES string of the molecule is CCNc1nc(C(C)C)nc(NC2CCCC2C)c1C. The van der Waals surface area contributed by atoms with E-state index in [4.69, 9.17) is 4.98 Å². The third-order valence-electron chi connectivity index (χ3n) is 4.21. The molecule has 2 atom stereocenters. The van der Waals surface area contributed by atoms with Crippen molar-refractivity contribution in [2.45, 2.75) is 65.8 Å². The van der Waals surface area contributed by atoms with Crippen LogP contribution in [0.15, 0.2) is 0 Å². The van der Waals surface area contributed by atoms with Gasteiger partial charge in [0.25, 0.3) is 0 Å². The first-order chi connectivity index (χ1) is 9.52. The van der Waals surface area contributed by atoms with E-state index >= 15 is 0 Å². The molecule has 1 aliphatic rings. The van der Waals surface area contributed by atoms with Crippen LogP contribution in [0.4, 0.5) is 11.6 Å². The molecule has 0 spiro atoms. The zero-order valence-corrected chi connectivity index (χ0v) is 13.5. The summed E-state index contributed by atoms with van der Waals surface area (Å²) in [6.07, 6.45) is 3.89. The van der Waals surface area contributed by atoms with Crippen LogP contribution < -0.4 is 10.6 Å². The van der Waals surface area contributed by atoms with Gasteiger partial charge in [-0.25, -0.2) is 9.97 Å². The number of nitrogens with one attached hydrogen (secondary N) is 2. The third-order valence-corrected chi connectivity index (χ3v) is 4.21. The highest BCUT2D eigenvalue weighted by Crippen LogP contribution is 2.30. The first-order valence-corrected chi connectivity index (χ1v) is 7.91. The Morgan fingerprint density at radius 1 is 1.20 bits per heavy atom. The first-order valence-electron chi connectivity index (χ1n) is 7.91. The van der Waals surface area contributed by atoms with E-state index in [0.717, 1.165) is 35.5 Å². The molecule has 0 aromatic carbocycles. The molecule has 1 aromatic heterocycles. The normalized spacial score (nSPS) is 22.3. The van der Waals surface area contributed by atoms with Gasteiger partial charge in [-0.15, -0.1) is 0 Å². The van der Waals surface area contributed by atoms with E-state index in [1.54, 1.807) is 0 Å². The van der Waals surface area contributed by atoms with Crippen molar-refractivity contribution in [2.75, 3.05) is 17.2 Å². The van der Waals surface area contributed by atoms with Crippen LogP contribution in [0.1, 0.15) is 64.3 Å². The van der Waals surface area contributed by atoms with Gasteiger partial charge in [0.05, 0.1) is 0 Å². The zero-order valence-electron chi connectivity index (χ0n) is 13.5. The average molecular weight is 276 g/mol. The van der Waals surface area contributed by atoms with Gasteiger partial charge in [0.15, 0.2) is 0 Å². The quantitative estimate of drug-likeness (QED) is 0.855. The molecule has 1 aliphatic carbocycles. The monoisotopic (exact) mass is 276 g/mol. The molecule has 0 aliphatic heterocycles. The molecule has 1 heterocycles. The Kier molecular flexibility index (Phi) is 4.84. The largest absolute Gasteiger partial charge is 0.370 e. The Morgan fingerprint density at radius 2 is 1.90 bits per heavy atom. The van der Waals surface area contributed by atoms with Crippen LogP contribution in [-0.4, -0.2) is 22.6 Å². The molecular formula is C16H28N4. The van der Waals surface area contributed by atoms with E-state index in [9.17, 15) is 0 Å². The van der Waals surface area contributed by atoms with Crippen molar-refractivity contribution < 1.29 is 0 Å². The number of hydrogen-bond acceptors (Lipinski definition) is 4. The lowest BCUT2D eigenvalue weighted by Gasteiger charge is -2.21. The van der Waals surface area contributed by atoms with Crippen LogP contribution in [0.5, 0.6) is 0 Å². The average Bonchev–Trinajstić information content (AvgIpc) is 2.79. The number of hydrogen-bond donors (Lipinski definition) is 2. The van der Waals surface area contributed by atoms with Crippen molar-refractivity contribution in [3.8, 4) is 0 Å². The minimum Gasteiger partial charge on any atom is -0.370 e. The van der Waals surface area contributed by atoms with Gasteiger partial charge >= 0.3 is 0 Å². The lowest BCUT2D eigenvalue weighted by molar-refractivity contribution is 0.554. The van der Waals surface area contributed by atoms with Gasteiger partial charge < -0.3 is 10.6 Å². The highest BCUT2D eigenvalue weighted by atomic mass is 15.1. The smallest absolute Gasteiger partial charge is 0.135 e. The molecule has 1 aromatic rings. The summed E-state index contributed by atoms with van der Waals surface area (Å²) in [7, 11) is 0. The molecule has 0 amide bonds. The molecule has 2 N–H and O–H groups in total. The summed E-state index contributed by atoms with van der Waals surface area (Å²) in [5.74, 6) is 3.97. The van der Waals surface area contributed by atoms with E-state index in [1.807, 2.05) is 0 Å².